The molecule has 0 aliphatic carbocycles. The van der Waals surface area contributed by atoms with E-state index in [-0.39, 0.29) is 5.56 Å². The number of aromatic carboxylic acids is 1. The molecule has 1 N–H and O–H groups in total. The van der Waals surface area contributed by atoms with Crippen LogP contribution in [-0.4, -0.2) is 25.8 Å². The molecule has 0 spiro atoms. The van der Waals surface area contributed by atoms with E-state index in [0.717, 1.165) is 5.39 Å². The summed E-state index contributed by atoms with van der Waals surface area (Å²) in [5.41, 5.74) is 1.10. The number of hydrogen-bond acceptors (Lipinski definition) is 4. The Balaban J connectivity index is 2.23. The normalized spacial score (nSPS) is 10.3. The van der Waals surface area contributed by atoms with Crippen LogP contribution in [0.4, 0.5) is 0 Å². The van der Waals surface area contributed by atoms with Crippen LogP contribution in [0.15, 0.2) is 42.7 Å². The summed E-state index contributed by atoms with van der Waals surface area (Å²) in [6, 6.07) is 11.1. The highest BCUT2D eigenvalue weighted by Gasteiger charge is 2.12. The summed E-state index contributed by atoms with van der Waals surface area (Å²) in [4.78, 5) is 15.2. The first-order valence-corrected chi connectivity index (χ1v) is 5.77. The van der Waals surface area contributed by atoms with Crippen molar-refractivity contribution in [1.29, 1.82) is 5.26 Å². The molecule has 0 unspecified atom stereocenters. The van der Waals surface area contributed by atoms with E-state index in [4.69, 9.17) is 5.11 Å². The smallest absolute Gasteiger partial charge is 0.338 e. The van der Waals surface area contributed by atoms with Crippen LogP contribution >= 0.6 is 0 Å². The highest BCUT2D eigenvalue weighted by atomic mass is 16.4. The maximum Gasteiger partial charge on any atom is 0.338 e. The molecule has 0 bridgehead atoms. The number of nitrogens with zero attached hydrogens (tertiary/aromatic N) is 4. The molecule has 3 rings (SSSR count). The van der Waals surface area contributed by atoms with Crippen molar-refractivity contribution >= 4 is 16.9 Å². The van der Waals surface area contributed by atoms with Gasteiger partial charge in [-0.05, 0) is 12.1 Å². The van der Waals surface area contributed by atoms with Crippen molar-refractivity contribution in [2.24, 2.45) is 0 Å². The molecule has 20 heavy (non-hydrogen) atoms. The van der Waals surface area contributed by atoms with Gasteiger partial charge in [0, 0.05) is 11.6 Å². The second-order valence-electron chi connectivity index (χ2n) is 4.14. The number of hydrogen-bond donors (Lipinski definition) is 1. The number of para-hydroxylation sites is 1. The molecule has 1 aromatic carbocycles. The summed E-state index contributed by atoms with van der Waals surface area (Å²) in [5, 5.41) is 22.9. The van der Waals surface area contributed by atoms with Crippen molar-refractivity contribution in [3.8, 4) is 11.9 Å². The molecule has 0 saturated heterocycles. The summed E-state index contributed by atoms with van der Waals surface area (Å²) in [6.07, 6.45) is 2.56. The predicted molar refractivity (Wildman–Crippen MR) is 70.5 cm³/mol. The molecule has 6 heteroatoms. The van der Waals surface area contributed by atoms with Crippen LogP contribution in [0.25, 0.3) is 16.7 Å². The number of fused-ring (bicyclic) bond motifs is 1. The summed E-state index contributed by atoms with van der Waals surface area (Å²) in [5.74, 6) is -0.755. The van der Waals surface area contributed by atoms with Crippen molar-refractivity contribution in [3.63, 3.8) is 0 Å². The maximum atomic E-state index is 10.9. The number of carboxylic acids is 1. The van der Waals surface area contributed by atoms with Gasteiger partial charge in [0.1, 0.15) is 6.07 Å². The standard InChI is InChI=1S/C14H8N4O2/c15-6-10-5-9-3-1-2-4-12(9)17-13(10)18-8-11(7-16-18)14(19)20/h1-5,7-8H,(H,19,20). The SMILES string of the molecule is N#Cc1cc2ccccc2nc1-n1cc(C(=O)O)cn1. The van der Waals surface area contributed by atoms with Crippen LogP contribution in [0.5, 0.6) is 0 Å². The highest BCUT2D eigenvalue weighted by molar-refractivity contribution is 5.87. The number of nitriles is 1. The van der Waals surface area contributed by atoms with Gasteiger partial charge in [0.15, 0.2) is 5.82 Å². The molecular formula is C14H8N4O2. The molecule has 0 amide bonds. The van der Waals surface area contributed by atoms with Gasteiger partial charge in [0.25, 0.3) is 0 Å². The van der Waals surface area contributed by atoms with Gasteiger partial charge in [-0.1, -0.05) is 18.2 Å². The Morgan fingerprint density at radius 2 is 2.15 bits per heavy atom. The lowest BCUT2D eigenvalue weighted by molar-refractivity contribution is 0.0697. The monoisotopic (exact) mass is 264 g/mol. The van der Waals surface area contributed by atoms with E-state index in [1.165, 1.54) is 17.1 Å². The Bertz CT molecular complexity index is 861. The number of rotatable bonds is 2. The summed E-state index contributed by atoms with van der Waals surface area (Å²) < 4.78 is 1.30. The van der Waals surface area contributed by atoms with Crippen LogP contribution in [0.1, 0.15) is 15.9 Å². The van der Waals surface area contributed by atoms with Crippen LogP contribution in [0.3, 0.4) is 0 Å². The van der Waals surface area contributed by atoms with Gasteiger partial charge in [0.2, 0.25) is 0 Å². The number of carbonyl (C=O) groups is 1. The van der Waals surface area contributed by atoms with Gasteiger partial charge in [-0.3, -0.25) is 0 Å². The van der Waals surface area contributed by atoms with E-state index < -0.39 is 5.97 Å². The fourth-order valence-electron chi connectivity index (χ4n) is 1.91. The molecule has 2 heterocycles. The zero-order chi connectivity index (χ0) is 14.1. The summed E-state index contributed by atoms with van der Waals surface area (Å²) in [7, 11) is 0. The Kier molecular flexibility index (Phi) is 2.66. The lowest BCUT2D eigenvalue weighted by Crippen LogP contribution is -2.02. The highest BCUT2D eigenvalue weighted by Crippen LogP contribution is 2.19. The zero-order valence-electron chi connectivity index (χ0n) is 10.2. The lowest BCUT2D eigenvalue weighted by Gasteiger charge is -2.05. The van der Waals surface area contributed by atoms with E-state index in [2.05, 4.69) is 16.2 Å². The van der Waals surface area contributed by atoms with E-state index in [1.807, 2.05) is 24.3 Å². The molecule has 0 saturated carbocycles. The molecule has 0 fully saturated rings. The predicted octanol–water partition coefficient (Wildman–Crippen LogP) is 1.99. The van der Waals surface area contributed by atoms with E-state index in [0.29, 0.717) is 16.9 Å². The Labute approximate surface area is 113 Å². The van der Waals surface area contributed by atoms with E-state index >= 15 is 0 Å². The molecule has 0 radical (unpaired) electrons. The quantitative estimate of drug-likeness (QED) is 0.764. The summed E-state index contributed by atoms with van der Waals surface area (Å²) in [6.45, 7) is 0. The summed E-state index contributed by atoms with van der Waals surface area (Å²) >= 11 is 0. The third-order valence-electron chi connectivity index (χ3n) is 2.87. The van der Waals surface area contributed by atoms with Crippen LogP contribution < -0.4 is 0 Å². The van der Waals surface area contributed by atoms with Crippen LogP contribution in [0.2, 0.25) is 0 Å². The molecule has 0 aliphatic rings. The molecule has 0 atom stereocenters. The number of aromatic nitrogens is 3. The van der Waals surface area contributed by atoms with Crippen molar-refractivity contribution < 1.29 is 9.90 Å². The van der Waals surface area contributed by atoms with Gasteiger partial charge in [-0.2, -0.15) is 10.4 Å². The topological polar surface area (TPSA) is 91.8 Å². The van der Waals surface area contributed by atoms with Gasteiger partial charge in [0.05, 0.1) is 22.8 Å². The molecule has 3 aromatic rings. The minimum atomic E-state index is -1.07. The first kappa shape index (κ1) is 11.9. The minimum absolute atomic E-state index is 0.0452. The van der Waals surface area contributed by atoms with Crippen molar-refractivity contribution in [2.75, 3.05) is 0 Å². The average molecular weight is 264 g/mol. The average Bonchev–Trinajstić information content (AvgIpc) is 2.95. The molecule has 6 nitrogen and oxygen atoms in total. The first-order chi connectivity index (χ1) is 9.69. The third-order valence-corrected chi connectivity index (χ3v) is 2.87. The van der Waals surface area contributed by atoms with Crippen molar-refractivity contribution in [3.05, 3.63) is 53.9 Å². The van der Waals surface area contributed by atoms with Gasteiger partial charge in [-0.15, -0.1) is 0 Å². The Morgan fingerprint density at radius 3 is 2.85 bits per heavy atom. The van der Waals surface area contributed by atoms with E-state index in [1.54, 1.807) is 6.07 Å². The second-order valence-corrected chi connectivity index (χ2v) is 4.14. The molecule has 96 valence electrons. The lowest BCUT2D eigenvalue weighted by atomic mass is 10.1. The van der Waals surface area contributed by atoms with E-state index in [9.17, 15) is 10.1 Å². The molecule has 0 aliphatic heterocycles. The van der Waals surface area contributed by atoms with Gasteiger partial charge < -0.3 is 5.11 Å². The zero-order valence-corrected chi connectivity index (χ0v) is 10.2. The number of carboxylic acid groups (broad SMARTS) is 1. The van der Waals surface area contributed by atoms with Crippen molar-refractivity contribution in [1.82, 2.24) is 14.8 Å². The molecule has 2 aromatic heterocycles. The second kappa shape index (κ2) is 4.48. The fraction of sp³-hybridized carbons (Fsp3) is 0. The third kappa shape index (κ3) is 1.87. The molecular weight excluding hydrogens is 256 g/mol. The van der Waals surface area contributed by atoms with Gasteiger partial charge >= 0.3 is 5.97 Å². The Hall–Kier alpha value is -3.20. The van der Waals surface area contributed by atoms with Crippen molar-refractivity contribution in [2.45, 2.75) is 0 Å². The van der Waals surface area contributed by atoms with Crippen LogP contribution in [0, 0.1) is 11.3 Å². The van der Waals surface area contributed by atoms with Gasteiger partial charge in [-0.25, -0.2) is 14.5 Å². The van der Waals surface area contributed by atoms with Crippen LogP contribution in [-0.2, 0) is 0 Å². The fourth-order valence-corrected chi connectivity index (χ4v) is 1.91. The Morgan fingerprint density at radius 1 is 1.35 bits per heavy atom. The number of pyridine rings is 1. The maximum absolute atomic E-state index is 10.9. The minimum Gasteiger partial charge on any atom is -0.478 e. The largest absolute Gasteiger partial charge is 0.478 e. The first-order valence-electron chi connectivity index (χ1n) is 5.77. The number of benzene rings is 1.